The number of likely N-dealkylation sites (N-methyl/N-ethyl adjacent to an activating group) is 1. The topological polar surface area (TPSA) is 49.4 Å². The minimum atomic E-state index is -0.204. The van der Waals surface area contributed by atoms with Crippen molar-refractivity contribution in [2.45, 2.75) is 13.3 Å². The van der Waals surface area contributed by atoms with Gasteiger partial charge < -0.3 is 10.2 Å². The maximum atomic E-state index is 12.9. The Morgan fingerprint density at radius 2 is 1.70 bits per heavy atom. The lowest BCUT2D eigenvalue weighted by Crippen LogP contribution is -2.34. The number of anilines is 1. The third-order valence-electron chi connectivity index (χ3n) is 4.34. The van der Waals surface area contributed by atoms with Crippen LogP contribution in [0.3, 0.4) is 0 Å². The standard InChI is InChI=1S/C22H22N2O2S/c1-3-16-9-7-8-12-19(16)23-20(25)15-24(2)22(26)21-18(13-14-27-21)17-10-5-4-6-11-17/h4-14H,3,15H2,1-2H3,(H,23,25). The van der Waals surface area contributed by atoms with Gasteiger partial charge in [0, 0.05) is 18.3 Å². The van der Waals surface area contributed by atoms with Crippen LogP contribution in [0.4, 0.5) is 5.69 Å². The number of carbonyl (C=O) groups excluding carboxylic acids is 2. The number of hydrogen-bond acceptors (Lipinski definition) is 3. The highest BCUT2D eigenvalue weighted by molar-refractivity contribution is 7.12. The van der Waals surface area contributed by atoms with Crippen molar-refractivity contribution in [3.05, 3.63) is 76.5 Å². The summed E-state index contributed by atoms with van der Waals surface area (Å²) >= 11 is 1.40. The molecular formula is C22H22N2O2S. The maximum Gasteiger partial charge on any atom is 0.264 e. The molecule has 0 saturated carbocycles. The molecule has 3 aromatic rings. The molecule has 1 N–H and O–H groups in total. The van der Waals surface area contributed by atoms with E-state index in [0.29, 0.717) is 4.88 Å². The Labute approximate surface area is 163 Å². The molecule has 0 aliphatic carbocycles. The van der Waals surface area contributed by atoms with Gasteiger partial charge in [-0.3, -0.25) is 9.59 Å². The van der Waals surface area contributed by atoms with Crippen LogP contribution in [0.2, 0.25) is 0 Å². The Morgan fingerprint density at radius 3 is 2.44 bits per heavy atom. The van der Waals surface area contributed by atoms with E-state index in [9.17, 15) is 9.59 Å². The number of carbonyl (C=O) groups is 2. The van der Waals surface area contributed by atoms with E-state index in [-0.39, 0.29) is 18.4 Å². The fraction of sp³-hybridized carbons (Fsp3) is 0.182. The first kappa shape index (κ1) is 18.9. The normalized spacial score (nSPS) is 10.4. The Hall–Kier alpha value is -2.92. The Morgan fingerprint density at radius 1 is 1.00 bits per heavy atom. The molecule has 0 unspecified atom stereocenters. The highest BCUT2D eigenvalue weighted by Gasteiger charge is 2.20. The van der Waals surface area contributed by atoms with E-state index < -0.39 is 0 Å². The van der Waals surface area contributed by atoms with E-state index in [1.54, 1.807) is 7.05 Å². The molecule has 5 heteroatoms. The lowest BCUT2D eigenvalue weighted by atomic mass is 10.1. The number of para-hydroxylation sites is 1. The van der Waals surface area contributed by atoms with Gasteiger partial charge in [0.05, 0.1) is 11.4 Å². The van der Waals surface area contributed by atoms with Gasteiger partial charge in [0.15, 0.2) is 0 Å². The second-order valence-electron chi connectivity index (χ2n) is 6.25. The molecule has 0 spiro atoms. The molecular weight excluding hydrogens is 356 g/mol. The van der Waals surface area contributed by atoms with Crippen LogP contribution in [0.25, 0.3) is 11.1 Å². The van der Waals surface area contributed by atoms with Crippen molar-refractivity contribution in [2.24, 2.45) is 0 Å². The zero-order valence-corrected chi connectivity index (χ0v) is 16.3. The average molecular weight is 378 g/mol. The van der Waals surface area contributed by atoms with Crippen molar-refractivity contribution in [3.63, 3.8) is 0 Å². The third kappa shape index (κ3) is 4.44. The van der Waals surface area contributed by atoms with Crippen LogP contribution in [0.5, 0.6) is 0 Å². The predicted molar refractivity (Wildman–Crippen MR) is 111 cm³/mol. The molecule has 2 aromatic carbocycles. The lowest BCUT2D eigenvalue weighted by molar-refractivity contribution is -0.116. The summed E-state index contributed by atoms with van der Waals surface area (Å²) in [5.74, 6) is -0.354. The quantitative estimate of drug-likeness (QED) is 0.677. The molecule has 2 amide bonds. The van der Waals surface area contributed by atoms with Gasteiger partial charge in [-0.1, -0.05) is 55.5 Å². The summed E-state index contributed by atoms with van der Waals surface area (Å²) in [4.78, 5) is 27.4. The van der Waals surface area contributed by atoms with Crippen molar-refractivity contribution >= 4 is 28.8 Å². The first-order chi connectivity index (χ1) is 13.1. The van der Waals surface area contributed by atoms with Crippen LogP contribution in [0, 0.1) is 0 Å². The zero-order chi connectivity index (χ0) is 19.2. The van der Waals surface area contributed by atoms with Crippen LogP contribution >= 0.6 is 11.3 Å². The molecule has 27 heavy (non-hydrogen) atoms. The lowest BCUT2D eigenvalue weighted by Gasteiger charge is -2.18. The maximum absolute atomic E-state index is 12.9. The van der Waals surface area contributed by atoms with E-state index in [0.717, 1.165) is 28.8 Å². The second kappa shape index (κ2) is 8.64. The number of rotatable bonds is 6. The first-order valence-corrected chi connectivity index (χ1v) is 9.74. The van der Waals surface area contributed by atoms with E-state index >= 15 is 0 Å². The van der Waals surface area contributed by atoms with E-state index in [4.69, 9.17) is 0 Å². The van der Waals surface area contributed by atoms with Crippen molar-refractivity contribution in [1.29, 1.82) is 0 Å². The molecule has 1 heterocycles. The number of hydrogen-bond donors (Lipinski definition) is 1. The zero-order valence-electron chi connectivity index (χ0n) is 15.4. The fourth-order valence-corrected chi connectivity index (χ4v) is 3.83. The molecule has 4 nitrogen and oxygen atoms in total. The van der Waals surface area contributed by atoms with Crippen molar-refractivity contribution in [1.82, 2.24) is 4.90 Å². The minimum Gasteiger partial charge on any atom is -0.332 e. The number of nitrogens with one attached hydrogen (secondary N) is 1. The molecule has 3 rings (SSSR count). The number of benzene rings is 2. The largest absolute Gasteiger partial charge is 0.332 e. The van der Waals surface area contributed by atoms with Crippen LogP contribution in [0.1, 0.15) is 22.2 Å². The molecule has 0 saturated heterocycles. The van der Waals surface area contributed by atoms with Gasteiger partial charge >= 0.3 is 0 Å². The summed E-state index contributed by atoms with van der Waals surface area (Å²) in [5.41, 5.74) is 3.77. The predicted octanol–water partition coefficient (Wildman–Crippen LogP) is 4.69. The minimum absolute atomic E-state index is 0.00299. The van der Waals surface area contributed by atoms with Gasteiger partial charge in [-0.05, 0) is 35.1 Å². The SMILES string of the molecule is CCc1ccccc1NC(=O)CN(C)C(=O)c1sccc1-c1ccccc1. The Kier molecular flexibility index (Phi) is 6.04. The van der Waals surface area contributed by atoms with Crippen LogP contribution in [0.15, 0.2) is 66.0 Å². The summed E-state index contributed by atoms with van der Waals surface area (Å²) in [7, 11) is 1.65. The van der Waals surface area contributed by atoms with Crippen molar-refractivity contribution in [2.75, 3.05) is 18.9 Å². The van der Waals surface area contributed by atoms with Crippen molar-refractivity contribution in [3.8, 4) is 11.1 Å². The number of nitrogens with zero attached hydrogens (tertiary/aromatic N) is 1. The summed E-state index contributed by atoms with van der Waals surface area (Å²) < 4.78 is 0. The summed E-state index contributed by atoms with van der Waals surface area (Å²) in [5, 5.41) is 4.81. The molecule has 1 aromatic heterocycles. The number of amides is 2. The molecule has 0 atom stereocenters. The van der Waals surface area contributed by atoms with Gasteiger partial charge in [0.1, 0.15) is 0 Å². The van der Waals surface area contributed by atoms with Crippen LogP contribution in [-0.2, 0) is 11.2 Å². The number of thiophene rings is 1. The van der Waals surface area contributed by atoms with Gasteiger partial charge in [-0.2, -0.15) is 0 Å². The van der Waals surface area contributed by atoms with Gasteiger partial charge in [0.25, 0.3) is 5.91 Å². The van der Waals surface area contributed by atoms with E-state index in [2.05, 4.69) is 5.32 Å². The van der Waals surface area contributed by atoms with Gasteiger partial charge in [-0.25, -0.2) is 0 Å². The third-order valence-corrected chi connectivity index (χ3v) is 5.25. The molecule has 0 radical (unpaired) electrons. The highest BCUT2D eigenvalue weighted by Crippen LogP contribution is 2.29. The smallest absolute Gasteiger partial charge is 0.264 e. The van der Waals surface area contributed by atoms with Gasteiger partial charge in [0.2, 0.25) is 5.91 Å². The number of aryl methyl sites for hydroxylation is 1. The fourth-order valence-electron chi connectivity index (χ4n) is 2.92. The summed E-state index contributed by atoms with van der Waals surface area (Å²) in [6.45, 7) is 2.05. The van der Waals surface area contributed by atoms with Gasteiger partial charge in [-0.15, -0.1) is 11.3 Å². The molecule has 138 valence electrons. The van der Waals surface area contributed by atoms with Crippen LogP contribution in [-0.4, -0.2) is 30.3 Å². The molecule has 0 aliphatic heterocycles. The molecule has 0 fully saturated rings. The van der Waals surface area contributed by atoms with E-state index in [1.807, 2.05) is 73.0 Å². The summed E-state index contributed by atoms with van der Waals surface area (Å²) in [6, 6.07) is 19.5. The highest BCUT2D eigenvalue weighted by atomic mass is 32.1. The average Bonchev–Trinajstić information content (AvgIpc) is 3.18. The van der Waals surface area contributed by atoms with Crippen molar-refractivity contribution < 1.29 is 9.59 Å². The molecule has 0 bridgehead atoms. The van der Waals surface area contributed by atoms with E-state index in [1.165, 1.54) is 16.2 Å². The second-order valence-corrected chi connectivity index (χ2v) is 7.17. The summed E-state index contributed by atoms with van der Waals surface area (Å²) in [6.07, 6.45) is 0.834. The Balaban J connectivity index is 1.70. The first-order valence-electron chi connectivity index (χ1n) is 8.86. The monoisotopic (exact) mass is 378 g/mol. The Bertz CT molecular complexity index is 934. The molecule has 0 aliphatic rings. The van der Waals surface area contributed by atoms with Crippen LogP contribution < -0.4 is 5.32 Å².